The van der Waals surface area contributed by atoms with Gasteiger partial charge in [0.25, 0.3) is 10.4 Å². The van der Waals surface area contributed by atoms with Gasteiger partial charge in [-0.05, 0) is 17.5 Å². The van der Waals surface area contributed by atoms with Crippen molar-refractivity contribution in [3.8, 4) is 0 Å². The first kappa shape index (κ1) is 22.0. The van der Waals surface area contributed by atoms with Crippen molar-refractivity contribution < 1.29 is 42.4 Å². The Labute approximate surface area is 169 Å². The van der Waals surface area contributed by atoms with Crippen LogP contribution in [0.3, 0.4) is 0 Å². The number of fused-ring (bicyclic) bond motifs is 1. The summed E-state index contributed by atoms with van der Waals surface area (Å²) in [7, 11) is -5.12. The number of rotatable bonds is 6. The van der Waals surface area contributed by atoms with Crippen molar-refractivity contribution in [2.75, 3.05) is 6.61 Å². The van der Waals surface area contributed by atoms with Crippen LogP contribution in [-0.4, -0.2) is 79.9 Å². The molecule has 0 radical (unpaired) electrons. The average Bonchev–Trinajstić information content (AvgIpc) is 3.08. The average molecular weight is 447 g/mol. The lowest BCUT2D eigenvalue weighted by molar-refractivity contribution is -0.205. The summed E-state index contributed by atoms with van der Waals surface area (Å²) in [6, 6.07) is 9.14. The van der Waals surface area contributed by atoms with E-state index < -0.39 is 46.9 Å². The van der Waals surface area contributed by atoms with E-state index in [0.29, 0.717) is 17.5 Å². The number of aromatic amines is 1. The van der Waals surface area contributed by atoms with E-state index in [-0.39, 0.29) is 11.5 Å². The molecule has 0 amide bonds. The summed E-state index contributed by atoms with van der Waals surface area (Å²) in [5, 5.41) is 43.4. The van der Waals surface area contributed by atoms with Gasteiger partial charge in [0.1, 0.15) is 34.9 Å². The van der Waals surface area contributed by atoms with E-state index in [1.165, 1.54) is 0 Å². The first-order valence-corrected chi connectivity index (χ1v) is 10.6. The van der Waals surface area contributed by atoms with Crippen LogP contribution in [0.1, 0.15) is 5.69 Å². The van der Waals surface area contributed by atoms with Gasteiger partial charge in [0.05, 0.1) is 6.61 Å². The summed E-state index contributed by atoms with van der Waals surface area (Å²) in [5.41, 5.74) is 0.206. The minimum absolute atomic E-state index is 0.0100. The van der Waals surface area contributed by atoms with Crippen LogP contribution in [-0.2, 0) is 25.8 Å². The van der Waals surface area contributed by atoms with Crippen LogP contribution < -0.4 is 0 Å². The monoisotopic (exact) mass is 447 g/mol. The number of aromatic nitrogens is 1. The number of thioether (sulfide) groups is 1. The molecule has 29 heavy (non-hydrogen) atoms. The zero-order valence-corrected chi connectivity index (χ0v) is 16.4. The molecule has 5 atom stereocenters. The van der Waals surface area contributed by atoms with Gasteiger partial charge in [-0.3, -0.25) is 4.28 Å². The zero-order valence-electron chi connectivity index (χ0n) is 14.8. The van der Waals surface area contributed by atoms with E-state index in [0.717, 1.165) is 10.9 Å². The summed E-state index contributed by atoms with van der Waals surface area (Å²) >= 11 is 0.691. The maximum absolute atomic E-state index is 10.8. The van der Waals surface area contributed by atoms with Crippen molar-refractivity contribution in [3.05, 3.63) is 36.0 Å². The smallest absolute Gasteiger partial charge is 0.284 e. The SMILES string of the molecule is O=S(=O)([O-])O/N=C(\Cc1cc2ccccc2[nH]1)S[C@@H]1O[C@H](CO)[C@@H](O)[C@H](O)[C@H]1O. The molecule has 0 spiro atoms. The second kappa shape index (κ2) is 8.97. The van der Waals surface area contributed by atoms with Crippen LogP contribution >= 0.6 is 11.8 Å². The van der Waals surface area contributed by atoms with Gasteiger partial charge in [-0.2, -0.15) is 8.42 Å². The molecule has 0 bridgehead atoms. The Morgan fingerprint density at radius 2 is 1.97 bits per heavy atom. The van der Waals surface area contributed by atoms with Gasteiger partial charge in [0.15, 0.2) is 0 Å². The standard InChI is InChI=1S/C16H20N2O9S2/c19-7-11-13(20)14(21)15(22)16(26-11)28-12(18-27-29(23,24)25)6-9-5-8-3-1-2-4-10(8)17-9/h1-5,11,13-17,19-22H,6-7H2,(H,23,24,25)/p-1/b18-12+/t11-,13-,14+,15-,16+/m1/s1. The summed E-state index contributed by atoms with van der Waals surface area (Å²) in [4.78, 5) is 3.10. The van der Waals surface area contributed by atoms with Gasteiger partial charge >= 0.3 is 0 Å². The van der Waals surface area contributed by atoms with Crippen molar-refractivity contribution in [2.45, 2.75) is 36.3 Å². The number of hydrogen-bond donors (Lipinski definition) is 5. The molecular weight excluding hydrogens is 428 g/mol. The highest BCUT2D eigenvalue weighted by Gasteiger charge is 2.44. The van der Waals surface area contributed by atoms with Crippen molar-refractivity contribution in [2.24, 2.45) is 5.16 Å². The molecule has 1 aromatic carbocycles. The molecule has 160 valence electrons. The number of H-pyrrole nitrogens is 1. The minimum atomic E-state index is -5.12. The number of nitrogens with one attached hydrogen (secondary N) is 1. The lowest BCUT2D eigenvalue weighted by atomic mass is 10.0. The van der Waals surface area contributed by atoms with Crippen molar-refractivity contribution in [3.63, 3.8) is 0 Å². The predicted octanol–water partition coefficient (Wildman–Crippen LogP) is -0.966. The normalized spacial score (nSPS) is 28.6. The molecule has 1 fully saturated rings. The minimum Gasteiger partial charge on any atom is -0.714 e. The Morgan fingerprint density at radius 3 is 2.62 bits per heavy atom. The van der Waals surface area contributed by atoms with Gasteiger partial charge < -0.3 is 34.7 Å². The molecule has 3 rings (SSSR count). The number of hydrogen-bond acceptors (Lipinski definition) is 11. The molecule has 0 unspecified atom stereocenters. The number of oxime groups is 1. The molecule has 1 saturated heterocycles. The largest absolute Gasteiger partial charge is 0.714 e. The molecule has 1 aliphatic rings. The van der Waals surface area contributed by atoms with Crippen LogP contribution in [0.25, 0.3) is 10.9 Å². The van der Waals surface area contributed by atoms with Crippen molar-refractivity contribution >= 4 is 38.1 Å². The number of aliphatic hydroxyl groups excluding tert-OH is 4. The third kappa shape index (κ3) is 5.46. The van der Waals surface area contributed by atoms with E-state index >= 15 is 0 Å². The maximum atomic E-state index is 10.8. The molecule has 0 aliphatic carbocycles. The molecule has 0 saturated carbocycles. The van der Waals surface area contributed by atoms with Crippen LogP contribution in [0.2, 0.25) is 0 Å². The molecule has 5 N–H and O–H groups in total. The second-order valence-corrected chi connectivity index (χ2v) is 8.48. The van der Waals surface area contributed by atoms with Crippen LogP contribution in [0.15, 0.2) is 35.5 Å². The van der Waals surface area contributed by atoms with Crippen molar-refractivity contribution in [1.82, 2.24) is 4.98 Å². The molecule has 2 aromatic rings. The summed E-state index contributed by atoms with van der Waals surface area (Å²) in [6.07, 6.45) is -5.89. The number of benzene rings is 1. The van der Waals surface area contributed by atoms with Gasteiger partial charge in [-0.15, -0.1) is 0 Å². The highest BCUT2D eigenvalue weighted by molar-refractivity contribution is 8.14. The quantitative estimate of drug-likeness (QED) is 0.121. The van der Waals surface area contributed by atoms with Crippen molar-refractivity contribution in [1.29, 1.82) is 0 Å². The number of para-hydroxylation sites is 1. The fraction of sp³-hybridized carbons (Fsp3) is 0.438. The molecular formula is C16H19N2O9S2-. The third-order valence-corrected chi connectivity index (χ3v) is 5.63. The second-order valence-electron chi connectivity index (χ2n) is 6.34. The Kier molecular flexibility index (Phi) is 6.80. The molecule has 1 aromatic heterocycles. The third-order valence-electron chi connectivity index (χ3n) is 4.26. The highest BCUT2D eigenvalue weighted by Crippen LogP contribution is 2.30. The van der Waals surface area contributed by atoms with Gasteiger partial charge in [0.2, 0.25) is 0 Å². The Hall–Kier alpha value is -1.71. The molecule has 1 aliphatic heterocycles. The van der Waals surface area contributed by atoms with E-state index in [2.05, 4.69) is 14.4 Å². The summed E-state index contributed by atoms with van der Waals surface area (Å²) in [6.45, 7) is -0.623. The van der Waals surface area contributed by atoms with Gasteiger partial charge in [0, 0.05) is 17.6 Å². The van der Waals surface area contributed by atoms with Gasteiger partial charge in [-0.1, -0.05) is 35.1 Å². The first-order valence-electron chi connectivity index (χ1n) is 8.43. The number of aliphatic hydroxyl groups is 4. The zero-order chi connectivity index (χ0) is 21.2. The number of ether oxygens (including phenoxy) is 1. The first-order chi connectivity index (χ1) is 13.7. The van der Waals surface area contributed by atoms with Crippen LogP contribution in [0.5, 0.6) is 0 Å². The van der Waals surface area contributed by atoms with E-state index in [4.69, 9.17) is 4.74 Å². The van der Waals surface area contributed by atoms with Gasteiger partial charge in [-0.25, -0.2) is 0 Å². The molecule has 13 heteroatoms. The Morgan fingerprint density at radius 1 is 1.24 bits per heavy atom. The van der Waals surface area contributed by atoms with E-state index in [1.54, 1.807) is 6.07 Å². The lowest BCUT2D eigenvalue weighted by Crippen LogP contribution is -2.57. The fourth-order valence-electron chi connectivity index (χ4n) is 2.87. The maximum Gasteiger partial charge on any atom is 0.284 e. The molecule has 11 nitrogen and oxygen atoms in total. The summed E-state index contributed by atoms with van der Waals surface area (Å²) in [5.74, 6) is 0. The Balaban J connectivity index is 1.83. The lowest BCUT2D eigenvalue weighted by Gasteiger charge is -2.39. The fourth-order valence-corrected chi connectivity index (χ4v) is 4.19. The summed E-state index contributed by atoms with van der Waals surface area (Å²) < 4.78 is 41.7. The Bertz CT molecular complexity index is 943. The predicted molar refractivity (Wildman–Crippen MR) is 102 cm³/mol. The molecule has 2 heterocycles. The van der Waals surface area contributed by atoms with E-state index in [1.807, 2.05) is 24.3 Å². The highest BCUT2D eigenvalue weighted by atomic mass is 32.3. The van der Waals surface area contributed by atoms with E-state index in [9.17, 15) is 33.4 Å². The topological polar surface area (TPSA) is 185 Å². The number of nitrogens with zero attached hydrogens (tertiary/aromatic N) is 1. The van der Waals surface area contributed by atoms with Crippen LogP contribution in [0.4, 0.5) is 0 Å². The van der Waals surface area contributed by atoms with Crippen LogP contribution in [0, 0.1) is 0 Å².